The summed E-state index contributed by atoms with van der Waals surface area (Å²) < 4.78 is 5.74. The average molecular weight is 275 g/mol. The van der Waals surface area contributed by atoms with Gasteiger partial charge in [-0.2, -0.15) is 0 Å². The second kappa shape index (κ2) is 5.10. The minimum absolute atomic E-state index is 0.429. The summed E-state index contributed by atoms with van der Waals surface area (Å²) in [5.41, 5.74) is 3.31. The molecule has 2 aromatic rings. The summed E-state index contributed by atoms with van der Waals surface area (Å²) in [6.07, 6.45) is 1.05. The number of anilines is 1. The minimum Gasteiger partial charge on any atom is -0.486 e. The van der Waals surface area contributed by atoms with Gasteiger partial charge < -0.3 is 10.1 Å². The zero-order chi connectivity index (χ0) is 13.2. The molecule has 4 heteroatoms. The van der Waals surface area contributed by atoms with Gasteiger partial charge in [0.05, 0.1) is 10.7 Å². The molecule has 1 aromatic carbocycles. The number of benzene rings is 1. The number of fused-ring (bicyclic) bond motifs is 1. The fourth-order valence-corrected chi connectivity index (χ4v) is 2.32. The van der Waals surface area contributed by atoms with Gasteiger partial charge in [-0.15, -0.1) is 0 Å². The fourth-order valence-electron chi connectivity index (χ4n) is 2.15. The first kappa shape index (κ1) is 12.3. The van der Waals surface area contributed by atoms with Crippen LogP contribution in [-0.4, -0.2) is 11.5 Å². The van der Waals surface area contributed by atoms with Crippen LogP contribution in [-0.2, 0) is 13.0 Å². The zero-order valence-corrected chi connectivity index (χ0v) is 11.5. The van der Waals surface area contributed by atoms with Gasteiger partial charge in [-0.3, -0.25) is 0 Å². The van der Waals surface area contributed by atoms with Crippen LogP contribution in [0.2, 0.25) is 5.02 Å². The summed E-state index contributed by atoms with van der Waals surface area (Å²) in [7, 11) is 0. The minimum atomic E-state index is 0.429. The van der Waals surface area contributed by atoms with Crippen molar-refractivity contribution in [1.29, 1.82) is 0 Å². The highest BCUT2D eigenvalue weighted by molar-refractivity contribution is 6.32. The lowest BCUT2D eigenvalue weighted by molar-refractivity contribution is 0.301. The molecule has 3 rings (SSSR count). The molecule has 2 heterocycles. The molecule has 0 bridgehead atoms. The number of aryl methyl sites for hydroxylation is 1. The predicted octanol–water partition coefficient (Wildman–Crippen LogP) is 3.59. The molecule has 0 radical (unpaired) electrons. The lowest BCUT2D eigenvalue weighted by Gasteiger charge is -2.09. The molecule has 1 aromatic heterocycles. The second-order valence-electron chi connectivity index (χ2n) is 4.71. The molecule has 1 aliphatic heterocycles. The number of nitrogens with zero attached hydrogens (tertiary/aromatic N) is 1. The molecule has 0 saturated heterocycles. The van der Waals surface area contributed by atoms with Gasteiger partial charge in [-0.25, -0.2) is 4.98 Å². The van der Waals surface area contributed by atoms with E-state index in [1.807, 2.05) is 31.2 Å². The van der Waals surface area contributed by atoms with Crippen molar-refractivity contribution in [3.8, 4) is 5.75 Å². The van der Waals surface area contributed by atoms with E-state index in [9.17, 15) is 0 Å². The van der Waals surface area contributed by atoms with Crippen LogP contribution in [0.15, 0.2) is 30.3 Å². The molecule has 0 saturated carbocycles. The van der Waals surface area contributed by atoms with Crippen LogP contribution in [0.25, 0.3) is 0 Å². The Morgan fingerprint density at radius 3 is 3.11 bits per heavy atom. The number of ether oxygens (including phenoxy) is 1. The average Bonchev–Trinajstić information content (AvgIpc) is 2.87. The summed E-state index contributed by atoms with van der Waals surface area (Å²) >= 11 is 6.10. The lowest BCUT2D eigenvalue weighted by atomic mass is 10.2. The van der Waals surface area contributed by atoms with E-state index in [1.165, 1.54) is 5.56 Å². The van der Waals surface area contributed by atoms with Crippen LogP contribution in [0, 0.1) is 6.92 Å². The number of hydrogen-bond acceptors (Lipinski definition) is 3. The number of rotatable bonds is 3. The SMILES string of the molecule is Cc1ccc(Cl)c(OCc2ccc3c(n2)NCC3)c1. The maximum atomic E-state index is 6.10. The first-order chi connectivity index (χ1) is 9.22. The highest BCUT2D eigenvalue weighted by Gasteiger charge is 2.12. The van der Waals surface area contributed by atoms with Crippen LogP contribution in [0.3, 0.4) is 0 Å². The Labute approximate surface area is 117 Å². The van der Waals surface area contributed by atoms with Crippen molar-refractivity contribution in [3.05, 3.63) is 52.2 Å². The van der Waals surface area contributed by atoms with Gasteiger partial charge in [0, 0.05) is 6.54 Å². The maximum absolute atomic E-state index is 6.10. The summed E-state index contributed by atoms with van der Waals surface area (Å²) in [6, 6.07) is 9.87. The number of halogens is 1. The zero-order valence-electron chi connectivity index (χ0n) is 10.7. The topological polar surface area (TPSA) is 34.1 Å². The number of hydrogen-bond donors (Lipinski definition) is 1. The molecule has 0 aliphatic carbocycles. The Bertz CT molecular complexity index is 613. The number of aromatic nitrogens is 1. The van der Waals surface area contributed by atoms with Crippen molar-refractivity contribution >= 4 is 17.4 Å². The van der Waals surface area contributed by atoms with E-state index in [1.54, 1.807) is 0 Å². The molecule has 1 N–H and O–H groups in total. The van der Waals surface area contributed by atoms with E-state index in [-0.39, 0.29) is 0 Å². The van der Waals surface area contributed by atoms with E-state index in [0.29, 0.717) is 17.4 Å². The van der Waals surface area contributed by atoms with Crippen LogP contribution < -0.4 is 10.1 Å². The molecule has 98 valence electrons. The van der Waals surface area contributed by atoms with Crippen molar-refractivity contribution in [2.75, 3.05) is 11.9 Å². The van der Waals surface area contributed by atoms with Gasteiger partial charge in [-0.1, -0.05) is 23.7 Å². The van der Waals surface area contributed by atoms with Gasteiger partial charge in [0.25, 0.3) is 0 Å². The molecule has 0 spiro atoms. The van der Waals surface area contributed by atoms with Crippen LogP contribution in [0.4, 0.5) is 5.82 Å². The lowest BCUT2D eigenvalue weighted by Crippen LogP contribution is -2.01. The van der Waals surface area contributed by atoms with E-state index >= 15 is 0 Å². The Kier molecular flexibility index (Phi) is 3.30. The van der Waals surface area contributed by atoms with E-state index in [2.05, 4.69) is 16.4 Å². The van der Waals surface area contributed by atoms with Crippen molar-refractivity contribution in [2.24, 2.45) is 0 Å². The summed E-state index contributed by atoms with van der Waals surface area (Å²) in [5, 5.41) is 3.90. The molecule has 0 amide bonds. The van der Waals surface area contributed by atoms with Gasteiger partial charge in [-0.05, 0) is 42.7 Å². The van der Waals surface area contributed by atoms with Crippen LogP contribution in [0.5, 0.6) is 5.75 Å². The Morgan fingerprint density at radius 2 is 2.21 bits per heavy atom. The summed E-state index contributed by atoms with van der Waals surface area (Å²) in [5.74, 6) is 1.69. The monoisotopic (exact) mass is 274 g/mol. The van der Waals surface area contributed by atoms with E-state index in [0.717, 1.165) is 30.0 Å². The normalized spacial score (nSPS) is 12.9. The molecule has 0 unspecified atom stereocenters. The Balaban J connectivity index is 1.74. The molecule has 19 heavy (non-hydrogen) atoms. The Hall–Kier alpha value is -1.74. The van der Waals surface area contributed by atoms with E-state index in [4.69, 9.17) is 16.3 Å². The summed E-state index contributed by atoms with van der Waals surface area (Å²) in [4.78, 5) is 4.54. The molecular formula is C15H15ClN2O. The van der Waals surface area contributed by atoms with Gasteiger partial charge in [0.2, 0.25) is 0 Å². The first-order valence-corrected chi connectivity index (χ1v) is 6.72. The quantitative estimate of drug-likeness (QED) is 0.929. The second-order valence-corrected chi connectivity index (χ2v) is 5.12. The highest BCUT2D eigenvalue weighted by Crippen LogP contribution is 2.26. The third-order valence-electron chi connectivity index (χ3n) is 3.19. The third kappa shape index (κ3) is 2.66. The van der Waals surface area contributed by atoms with Gasteiger partial charge in [0.15, 0.2) is 0 Å². The highest BCUT2D eigenvalue weighted by atomic mass is 35.5. The standard InChI is InChI=1S/C15H15ClN2O/c1-10-2-5-13(16)14(8-10)19-9-12-4-3-11-6-7-17-15(11)18-12/h2-5,8H,6-7,9H2,1H3,(H,17,18). The van der Waals surface area contributed by atoms with Crippen molar-refractivity contribution in [3.63, 3.8) is 0 Å². The first-order valence-electron chi connectivity index (χ1n) is 6.34. The fraction of sp³-hybridized carbons (Fsp3) is 0.267. The third-order valence-corrected chi connectivity index (χ3v) is 3.50. The maximum Gasteiger partial charge on any atom is 0.138 e. The van der Waals surface area contributed by atoms with Crippen molar-refractivity contribution < 1.29 is 4.74 Å². The predicted molar refractivity (Wildman–Crippen MR) is 77.0 cm³/mol. The molecule has 0 atom stereocenters. The van der Waals surface area contributed by atoms with Crippen molar-refractivity contribution in [2.45, 2.75) is 20.0 Å². The molecule has 3 nitrogen and oxygen atoms in total. The molecule has 1 aliphatic rings. The Morgan fingerprint density at radius 1 is 1.32 bits per heavy atom. The number of pyridine rings is 1. The van der Waals surface area contributed by atoms with Crippen molar-refractivity contribution in [1.82, 2.24) is 4.98 Å². The van der Waals surface area contributed by atoms with Crippen LogP contribution >= 0.6 is 11.6 Å². The van der Waals surface area contributed by atoms with Gasteiger partial charge >= 0.3 is 0 Å². The molecular weight excluding hydrogens is 260 g/mol. The van der Waals surface area contributed by atoms with Crippen LogP contribution in [0.1, 0.15) is 16.8 Å². The summed E-state index contributed by atoms with van der Waals surface area (Å²) in [6.45, 7) is 3.41. The van der Waals surface area contributed by atoms with Gasteiger partial charge in [0.1, 0.15) is 18.2 Å². The smallest absolute Gasteiger partial charge is 0.138 e. The van der Waals surface area contributed by atoms with E-state index < -0.39 is 0 Å². The number of nitrogens with one attached hydrogen (secondary N) is 1. The molecule has 0 fully saturated rings. The largest absolute Gasteiger partial charge is 0.486 e.